The molecule has 2 rings (SSSR count). The van der Waals surface area contributed by atoms with Gasteiger partial charge in [0.1, 0.15) is 0 Å². The molecular formula is C12H12BrF2NO. The zero-order chi connectivity index (χ0) is 12.5. The van der Waals surface area contributed by atoms with Gasteiger partial charge in [0.2, 0.25) is 0 Å². The number of benzene rings is 1. The van der Waals surface area contributed by atoms with Gasteiger partial charge in [-0.05, 0) is 18.2 Å². The monoisotopic (exact) mass is 303 g/mol. The molecule has 1 aliphatic rings. The van der Waals surface area contributed by atoms with Gasteiger partial charge in [0.05, 0.1) is 0 Å². The van der Waals surface area contributed by atoms with Gasteiger partial charge in [0, 0.05) is 36.0 Å². The number of piperidine rings is 1. The van der Waals surface area contributed by atoms with Gasteiger partial charge in [-0.1, -0.05) is 22.0 Å². The van der Waals surface area contributed by atoms with Crippen molar-refractivity contribution in [3.63, 3.8) is 0 Å². The van der Waals surface area contributed by atoms with Crippen molar-refractivity contribution in [2.45, 2.75) is 18.8 Å². The number of nitrogens with zero attached hydrogens (tertiary/aromatic N) is 1. The van der Waals surface area contributed by atoms with Crippen LogP contribution >= 0.6 is 15.9 Å². The van der Waals surface area contributed by atoms with Gasteiger partial charge >= 0.3 is 0 Å². The number of hydrogen-bond donors (Lipinski definition) is 0. The van der Waals surface area contributed by atoms with Crippen LogP contribution in [0.2, 0.25) is 0 Å². The smallest absolute Gasteiger partial charge is 0.253 e. The summed E-state index contributed by atoms with van der Waals surface area (Å²) in [4.78, 5) is 13.5. The normalized spacial score (nSPS) is 19.1. The number of amides is 1. The summed E-state index contributed by atoms with van der Waals surface area (Å²) in [6, 6.07) is 6.98. The van der Waals surface area contributed by atoms with Crippen molar-refractivity contribution in [1.29, 1.82) is 0 Å². The molecule has 17 heavy (non-hydrogen) atoms. The fraction of sp³-hybridized carbons (Fsp3) is 0.417. The quantitative estimate of drug-likeness (QED) is 0.779. The molecule has 92 valence electrons. The Morgan fingerprint density at radius 2 is 1.94 bits per heavy atom. The van der Waals surface area contributed by atoms with Crippen molar-refractivity contribution in [2.75, 3.05) is 13.1 Å². The summed E-state index contributed by atoms with van der Waals surface area (Å²) in [5, 5.41) is 0. The lowest BCUT2D eigenvalue weighted by Gasteiger charge is -2.31. The topological polar surface area (TPSA) is 20.3 Å². The Morgan fingerprint density at radius 3 is 2.53 bits per heavy atom. The maximum absolute atomic E-state index is 13.0. The number of alkyl halides is 2. The first kappa shape index (κ1) is 12.5. The van der Waals surface area contributed by atoms with Gasteiger partial charge in [-0.3, -0.25) is 4.79 Å². The summed E-state index contributed by atoms with van der Waals surface area (Å²) in [5.74, 6) is -2.80. The van der Waals surface area contributed by atoms with Gasteiger partial charge in [-0.2, -0.15) is 0 Å². The molecule has 1 saturated heterocycles. The van der Waals surface area contributed by atoms with E-state index < -0.39 is 5.92 Å². The van der Waals surface area contributed by atoms with Gasteiger partial charge in [0.15, 0.2) is 0 Å². The molecule has 0 atom stereocenters. The second-order valence-electron chi connectivity index (χ2n) is 4.16. The van der Waals surface area contributed by atoms with Crippen LogP contribution in [0.15, 0.2) is 28.7 Å². The van der Waals surface area contributed by atoms with Crippen LogP contribution in [0.3, 0.4) is 0 Å². The van der Waals surface area contributed by atoms with Crippen molar-refractivity contribution < 1.29 is 13.6 Å². The highest BCUT2D eigenvalue weighted by Crippen LogP contribution is 2.28. The van der Waals surface area contributed by atoms with E-state index in [9.17, 15) is 13.6 Å². The maximum atomic E-state index is 13.0. The molecule has 1 aliphatic heterocycles. The molecule has 0 N–H and O–H groups in total. The Bertz CT molecular complexity index is 426. The number of carbonyl (C=O) groups excluding carboxylic acids is 1. The van der Waals surface area contributed by atoms with E-state index in [-0.39, 0.29) is 31.8 Å². The van der Waals surface area contributed by atoms with E-state index in [2.05, 4.69) is 15.9 Å². The highest BCUT2D eigenvalue weighted by Gasteiger charge is 2.35. The van der Waals surface area contributed by atoms with Crippen molar-refractivity contribution >= 4 is 21.8 Å². The third kappa shape index (κ3) is 3.03. The molecule has 1 aromatic carbocycles. The van der Waals surface area contributed by atoms with E-state index in [0.717, 1.165) is 4.47 Å². The summed E-state index contributed by atoms with van der Waals surface area (Å²) < 4.78 is 26.7. The van der Waals surface area contributed by atoms with Crippen molar-refractivity contribution in [2.24, 2.45) is 0 Å². The van der Waals surface area contributed by atoms with E-state index in [1.54, 1.807) is 18.2 Å². The number of hydrogen-bond acceptors (Lipinski definition) is 1. The number of carbonyl (C=O) groups is 1. The average Bonchev–Trinajstić information content (AvgIpc) is 2.28. The molecule has 0 radical (unpaired) electrons. The minimum Gasteiger partial charge on any atom is -0.338 e. The van der Waals surface area contributed by atoms with Crippen LogP contribution in [0.25, 0.3) is 0 Å². The molecule has 1 fully saturated rings. The predicted octanol–water partition coefficient (Wildman–Crippen LogP) is 3.32. The first-order valence-electron chi connectivity index (χ1n) is 5.41. The van der Waals surface area contributed by atoms with Gasteiger partial charge < -0.3 is 4.90 Å². The standard InChI is InChI=1S/C12H12BrF2NO/c13-10-3-1-2-9(8-10)11(17)16-6-4-12(14,15)5-7-16/h1-3,8H,4-7H2. The van der Waals surface area contributed by atoms with Crippen molar-refractivity contribution in [1.82, 2.24) is 4.90 Å². The van der Waals surface area contributed by atoms with Crippen LogP contribution in [-0.4, -0.2) is 29.8 Å². The Balaban J connectivity index is 2.07. The highest BCUT2D eigenvalue weighted by atomic mass is 79.9. The zero-order valence-electron chi connectivity index (χ0n) is 9.13. The number of halogens is 3. The lowest BCUT2D eigenvalue weighted by Crippen LogP contribution is -2.42. The lowest BCUT2D eigenvalue weighted by molar-refractivity contribution is -0.0494. The predicted molar refractivity (Wildman–Crippen MR) is 64.2 cm³/mol. The Kier molecular flexibility index (Phi) is 3.47. The molecule has 1 aromatic rings. The zero-order valence-corrected chi connectivity index (χ0v) is 10.7. The molecule has 0 spiro atoms. The molecule has 0 saturated carbocycles. The largest absolute Gasteiger partial charge is 0.338 e. The van der Waals surface area contributed by atoms with Crippen LogP contribution in [0.4, 0.5) is 8.78 Å². The molecular weight excluding hydrogens is 292 g/mol. The van der Waals surface area contributed by atoms with Gasteiger partial charge in [-0.15, -0.1) is 0 Å². The summed E-state index contributed by atoms with van der Waals surface area (Å²) in [6.07, 6.45) is -0.487. The molecule has 1 heterocycles. The Labute approximate surface area is 107 Å². The molecule has 2 nitrogen and oxygen atoms in total. The van der Waals surface area contributed by atoms with E-state index >= 15 is 0 Å². The fourth-order valence-corrected chi connectivity index (χ4v) is 2.24. The minimum absolute atomic E-state index is 0.123. The van der Waals surface area contributed by atoms with E-state index in [0.29, 0.717) is 5.56 Å². The summed E-state index contributed by atoms with van der Waals surface area (Å²) in [6.45, 7) is 0.247. The summed E-state index contributed by atoms with van der Waals surface area (Å²) >= 11 is 3.28. The average molecular weight is 304 g/mol. The third-order valence-electron chi connectivity index (χ3n) is 2.85. The first-order valence-corrected chi connectivity index (χ1v) is 6.20. The minimum atomic E-state index is -2.62. The van der Waals surface area contributed by atoms with E-state index in [1.807, 2.05) is 6.07 Å². The molecule has 0 bridgehead atoms. The van der Waals surface area contributed by atoms with Crippen LogP contribution in [0, 0.1) is 0 Å². The second-order valence-corrected chi connectivity index (χ2v) is 5.07. The first-order chi connectivity index (χ1) is 7.98. The van der Waals surface area contributed by atoms with Crippen LogP contribution in [-0.2, 0) is 0 Å². The molecule has 0 aromatic heterocycles. The number of rotatable bonds is 1. The van der Waals surface area contributed by atoms with Crippen molar-refractivity contribution in [3.8, 4) is 0 Å². The second kappa shape index (κ2) is 4.72. The summed E-state index contributed by atoms with van der Waals surface area (Å²) in [5.41, 5.74) is 0.532. The van der Waals surface area contributed by atoms with Crippen LogP contribution in [0.1, 0.15) is 23.2 Å². The lowest BCUT2D eigenvalue weighted by atomic mass is 10.1. The van der Waals surface area contributed by atoms with E-state index in [1.165, 1.54) is 4.90 Å². The van der Waals surface area contributed by atoms with Crippen LogP contribution < -0.4 is 0 Å². The molecule has 0 unspecified atom stereocenters. The Morgan fingerprint density at radius 1 is 1.29 bits per heavy atom. The Hall–Kier alpha value is -0.970. The van der Waals surface area contributed by atoms with Crippen LogP contribution in [0.5, 0.6) is 0 Å². The molecule has 5 heteroatoms. The van der Waals surface area contributed by atoms with Crippen molar-refractivity contribution in [3.05, 3.63) is 34.3 Å². The fourth-order valence-electron chi connectivity index (χ4n) is 1.84. The molecule has 1 amide bonds. The van der Waals surface area contributed by atoms with Gasteiger partial charge in [-0.25, -0.2) is 8.78 Å². The van der Waals surface area contributed by atoms with Gasteiger partial charge in [0.25, 0.3) is 11.8 Å². The SMILES string of the molecule is O=C(c1cccc(Br)c1)N1CCC(F)(F)CC1. The summed E-state index contributed by atoms with van der Waals surface area (Å²) in [7, 11) is 0. The molecule has 0 aliphatic carbocycles. The van der Waals surface area contributed by atoms with E-state index in [4.69, 9.17) is 0 Å². The number of likely N-dealkylation sites (tertiary alicyclic amines) is 1. The highest BCUT2D eigenvalue weighted by molar-refractivity contribution is 9.10. The maximum Gasteiger partial charge on any atom is 0.253 e. The third-order valence-corrected chi connectivity index (χ3v) is 3.35.